The Balaban J connectivity index is 2.00. The molecule has 0 aromatic heterocycles. The standard InChI is InChI=1S/C17H27NO3/c1-4-21-16-7-9-18(10-8-16)12-15-11-14(13(2)19)5-6-17(15)20-3/h5-6,11,13,16,19H,4,7-10,12H2,1-3H3. The molecule has 0 radical (unpaired) electrons. The van der Waals surface area contributed by atoms with Crippen molar-refractivity contribution in [1.82, 2.24) is 4.90 Å². The number of hydrogen-bond acceptors (Lipinski definition) is 4. The Hall–Kier alpha value is -1.10. The van der Waals surface area contributed by atoms with Crippen LogP contribution in [-0.2, 0) is 11.3 Å². The summed E-state index contributed by atoms with van der Waals surface area (Å²) in [6.07, 6.45) is 2.15. The Labute approximate surface area is 127 Å². The second-order valence-electron chi connectivity index (χ2n) is 5.68. The van der Waals surface area contributed by atoms with E-state index in [0.29, 0.717) is 6.10 Å². The number of likely N-dealkylation sites (tertiary alicyclic amines) is 1. The second-order valence-corrected chi connectivity index (χ2v) is 5.68. The van der Waals surface area contributed by atoms with Gasteiger partial charge in [-0.3, -0.25) is 4.90 Å². The highest BCUT2D eigenvalue weighted by molar-refractivity contribution is 5.38. The van der Waals surface area contributed by atoms with Crippen molar-refractivity contribution in [1.29, 1.82) is 0 Å². The van der Waals surface area contributed by atoms with Gasteiger partial charge in [0.25, 0.3) is 0 Å². The van der Waals surface area contributed by atoms with E-state index in [9.17, 15) is 5.11 Å². The maximum Gasteiger partial charge on any atom is 0.123 e. The van der Waals surface area contributed by atoms with Crippen molar-refractivity contribution in [2.45, 2.75) is 45.4 Å². The first-order valence-electron chi connectivity index (χ1n) is 7.82. The maximum absolute atomic E-state index is 9.74. The van der Waals surface area contributed by atoms with E-state index in [4.69, 9.17) is 9.47 Å². The zero-order chi connectivity index (χ0) is 15.2. The van der Waals surface area contributed by atoms with Crippen molar-refractivity contribution in [3.63, 3.8) is 0 Å². The van der Waals surface area contributed by atoms with Gasteiger partial charge < -0.3 is 14.6 Å². The third-order valence-corrected chi connectivity index (χ3v) is 4.12. The fourth-order valence-electron chi connectivity index (χ4n) is 2.89. The van der Waals surface area contributed by atoms with Gasteiger partial charge in [0, 0.05) is 31.8 Å². The zero-order valence-corrected chi connectivity index (χ0v) is 13.3. The van der Waals surface area contributed by atoms with E-state index in [0.717, 1.165) is 56.0 Å². The van der Waals surface area contributed by atoms with Gasteiger partial charge in [0.2, 0.25) is 0 Å². The fraction of sp³-hybridized carbons (Fsp3) is 0.647. The molecule has 0 saturated carbocycles. The molecule has 4 heteroatoms. The van der Waals surface area contributed by atoms with Crippen LogP contribution in [0.3, 0.4) is 0 Å². The number of hydrogen-bond donors (Lipinski definition) is 1. The van der Waals surface area contributed by atoms with Crippen molar-refractivity contribution in [3.8, 4) is 5.75 Å². The highest BCUT2D eigenvalue weighted by atomic mass is 16.5. The topological polar surface area (TPSA) is 41.9 Å². The van der Waals surface area contributed by atoms with Gasteiger partial charge in [0.15, 0.2) is 0 Å². The van der Waals surface area contributed by atoms with Crippen LogP contribution >= 0.6 is 0 Å². The minimum absolute atomic E-state index is 0.414. The van der Waals surface area contributed by atoms with Crippen LogP contribution in [0.1, 0.15) is 43.9 Å². The van der Waals surface area contributed by atoms with Gasteiger partial charge in [-0.1, -0.05) is 6.07 Å². The molecule has 1 unspecified atom stereocenters. The minimum Gasteiger partial charge on any atom is -0.496 e. The van der Waals surface area contributed by atoms with Crippen molar-refractivity contribution in [2.24, 2.45) is 0 Å². The van der Waals surface area contributed by atoms with E-state index in [1.807, 2.05) is 12.1 Å². The van der Waals surface area contributed by atoms with Crippen molar-refractivity contribution >= 4 is 0 Å². The normalized spacial score (nSPS) is 18.7. The summed E-state index contributed by atoms with van der Waals surface area (Å²) in [5.41, 5.74) is 2.08. The van der Waals surface area contributed by atoms with Gasteiger partial charge in [-0.2, -0.15) is 0 Å². The number of aliphatic hydroxyl groups is 1. The number of aliphatic hydroxyl groups excluding tert-OH is 1. The summed E-state index contributed by atoms with van der Waals surface area (Å²) in [5, 5.41) is 9.74. The Morgan fingerprint density at radius 1 is 1.33 bits per heavy atom. The molecule has 1 N–H and O–H groups in total. The Morgan fingerprint density at radius 3 is 2.62 bits per heavy atom. The van der Waals surface area contributed by atoms with Crippen molar-refractivity contribution < 1.29 is 14.6 Å². The highest BCUT2D eigenvalue weighted by Gasteiger charge is 2.20. The Kier molecular flexibility index (Phi) is 6.03. The van der Waals surface area contributed by atoms with Crippen LogP contribution < -0.4 is 4.74 Å². The van der Waals surface area contributed by atoms with E-state index < -0.39 is 6.10 Å². The van der Waals surface area contributed by atoms with E-state index >= 15 is 0 Å². The average Bonchev–Trinajstić information content (AvgIpc) is 2.49. The average molecular weight is 293 g/mol. The first-order chi connectivity index (χ1) is 10.1. The smallest absolute Gasteiger partial charge is 0.123 e. The first kappa shape index (κ1) is 16.3. The predicted molar refractivity (Wildman–Crippen MR) is 83.6 cm³/mol. The third-order valence-electron chi connectivity index (χ3n) is 4.12. The van der Waals surface area contributed by atoms with E-state index in [2.05, 4.69) is 17.9 Å². The molecule has 1 aromatic rings. The van der Waals surface area contributed by atoms with E-state index in [1.165, 1.54) is 0 Å². The first-order valence-corrected chi connectivity index (χ1v) is 7.82. The number of rotatable bonds is 6. The minimum atomic E-state index is -0.446. The molecule has 1 fully saturated rings. The maximum atomic E-state index is 9.74. The lowest BCUT2D eigenvalue weighted by Gasteiger charge is -2.32. The molecule has 4 nitrogen and oxygen atoms in total. The summed E-state index contributed by atoms with van der Waals surface area (Å²) in [5.74, 6) is 0.895. The summed E-state index contributed by atoms with van der Waals surface area (Å²) in [6.45, 7) is 7.61. The van der Waals surface area contributed by atoms with E-state index in [-0.39, 0.29) is 0 Å². The monoisotopic (exact) mass is 293 g/mol. The number of piperidine rings is 1. The molecule has 1 heterocycles. The van der Waals surface area contributed by atoms with E-state index in [1.54, 1.807) is 14.0 Å². The van der Waals surface area contributed by atoms with Crippen LogP contribution in [0.2, 0.25) is 0 Å². The van der Waals surface area contributed by atoms with Crippen molar-refractivity contribution in [2.75, 3.05) is 26.8 Å². The lowest BCUT2D eigenvalue weighted by atomic mass is 10.0. The third kappa shape index (κ3) is 4.43. The molecule has 1 saturated heterocycles. The summed E-state index contributed by atoms with van der Waals surface area (Å²) in [7, 11) is 1.70. The Bertz CT molecular complexity index is 440. The lowest BCUT2D eigenvalue weighted by molar-refractivity contribution is 0.0124. The molecule has 2 rings (SSSR count). The number of nitrogens with zero attached hydrogens (tertiary/aromatic N) is 1. The molecule has 1 atom stereocenters. The van der Waals surface area contributed by atoms with Crippen molar-refractivity contribution in [3.05, 3.63) is 29.3 Å². The number of methoxy groups -OCH3 is 1. The lowest BCUT2D eigenvalue weighted by Crippen LogP contribution is -2.36. The molecular weight excluding hydrogens is 266 g/mol. The quantitative estimate of drug-likeness (QED) is 0.875. The summed E-state index contributed by atoms with van der Waals surface area (Å²) in [4.78, 5) is 2.43. The predicted octanol–water partition coefficient (Wildman–Crippen LogP) is 2.75. The molecule has 0 amide bonds. The SMILES string of the molecule is CCOC1CCN(Cc2cc(C(C)O)ccc2OC)CC1. The van der Waals surface area contributed by atoms with Gasteiger partial charge in [0.05, 0.1) is 19.3 Å². The molecule has 0 aliphatic carbocycles. The van der Waals surface area contributed by atoms with Crippen LogP contribution in [0.25, 0.3) is 0 Å². The molecule has 1 aromatic carbocycles. The fourth-order valence-corrected chi connectivity index (χ4v) is 2.89. The van der Waals surface area contributed by atoms with Crippen LogP contribution in [0.5, 0.6) is 5.75 Å². The molecule has 21 heavy (non-hydrogen) atoms. The van der Waals surface area contributed by atoms with Crippen LogP contribution in [0, 0.1) is 0 Å². The molecule has 0 spiro atoms. The van der Waals surface area contributed by atoms with Gasteiger partial charge in [-0.25, -0.2) is 0 Å². The molecule has 0 bridgehead atoms. The van der Waals surface area contributed by atoms with Crippen LogP contribution in [-0.4, -0.2) is 42.9 Å². The highest BCUT2D eigenvalue weighted by Crippen LogP contribution is 2.26. The summed E-state index contributed by atoms with van der Waals surface area (Å²) < 4.78 is 11.1. The van der Waals surface area contributed by atoms with Gasteiger partial charge in [-0.15, -0.1) is 0 Å². The molecular formula is C17H27NO3. The molecule has 1 aliphatic rings. The Morgan fingerprint density at radius 2 is 2.05 bits per heavy atom. The van der Waals surface area contributed by atoms with Crippen LogP contribution in [0.15, 0.2) is 18.2 Å². The number of benzene rings is 1. The zero-order valence-electron chi connectivity index (χ0n) is 13.3. The van der Waals surface area contributed by atoms with Crippen LogP contribution in [0.4, 0.5) is 0 Å². The largest absolute Gasteiger partial charge is 0.496 e. The molecule has 1 aliphatic heterocycles. The summed E-state index contributed by atoms with van der Waals surface area (Å²) in [6, 6.07) is 5.93. The summed E-state index contributed by atoms with van der Waals surface area (Å²) >= 11 is 0. The number of ether oxygens (including phenoxy) is 2. The van der Waals surface area contributed by atoms with Gasteiger partial charge in [-0.05, 0) is 44.4 Å². The molecule has 118 valence electrons. The second kappa shape index (κ2) is 7.78. The van der Waals surface area contributed by atoms with Gasteiger partial charge in [0.1, 0.15) is 5.75 Å². The van der Waals surface area contributed by atoms with Gasteiger partial charge >= 0.3 is 0 Å².